The van der Waals surface area contributed by atoms with Gasteiger partial charge in [-0.05, 0) is 66.5 Å². The molecule has 3 unspecified atom stereocenters. The molecular formula is C61H65Cl2N6O15PS2. The Morgan fingerprint density at radius 3 is 1.83 bits per heavy atom. The van der Waals surface area contributed by atoms with Crippen molar-refractivity contribution in [3.8, 4) is 11.5 Å². The molecule has 3 atom stereocenters. The molecule has 0 spiro atoms. The lowest BCUT2D eigenvalue weighted by Gasteiger charge is -2.59. The third-order valence-electron chi connectivity index (χ3n) is 17.0. The maximum atomic E-state index is 15.3. The molecule has 4 N–H and O–H groups in total. The van der Waals surface area contributed by atoms with Crippen LogP contribution in [0.5, 0.6) is 11.5 Å². The number of benzene rings is 5. The van der Waals surface area contributed by atoms with E-state index in [0.717, 1.165) is 21.4 Å². The number of hydrogen-bond donors (Lipinski definition) is 4. The maximum Gasteiger partial charge on any atom is 0.524 e. The van der Waals surface area contributed by atoms with Gasteiger partial charge < -0.3 is 44.0 Å². The Morgan fingerprint density at radius 1 is 0.736 bits per heavy atom. The average Bonchev–Trinajstić information content (AvgIpc) is 1.69. The van der Waals surface area contributed by atoms with Crippen LogP contribution in [0.2, 0.25) is 0 Å². The van der Waals surface area contributed by atoms with Crippen LogP contribution >= 0.6 is 52.6 Å². The van der Waals surface area contributed by atoms with E-state index >= 15 is 9.59 Å². The molecule has 7 amide bonds. The van der Waals surface area contributed by atoms with Crippen molar-refractivity contribution in [2.24, 2.45) is 10.8 Å². The molecule has 3 saturated carbocycles. The predicted octanol–water partition coefficient (Wildman–Crippen LogP) is 9.95. The van der Waals surface area contributed by atoms with Crippen LogP contribution in [0.25, 0.3) is 21.5 Å². The van der Waals surface area contributed by atoms with Crippen LogP contribution in [0.15, 0.2) is 102 Å². The van der Waals surface area contributed by atoms with E-state index in [1.807, 2.05) is 30.3 Å². The smallest absolute Gasteiger partial charge is 0.480 e. The van der Waals surface area contributed by atoms with Crippen LogP contribution in [0.4, 0.5) is 21.0 Å². The number of fused-ring (bicyclic) bond motifs is 8. The fourth-order valence-corrected chi connectivity index (χ4v) is 16.1. The molecule has 26 heteroatoms. The Bertz CT molecular complexity index is 3640. The molecule has 460 valence electrons. The first-order chi connectivity index (χ1) is 41.6. The SMILES string of the molecule is CN(CCN(C)C(=O)Oc1cc2c(c3ccccc13)C(CCl)CN2C(=O)C12CCCC(C(=O)N3CC(CCl)c4c3cc(OP(=O)(O)O)c3ccccc43)(C1)C2)C(=O)OCc1ccccc1SSCC(NC(=O)CCCCCN1C(=O)C=CC1=O)C(=O)O. The first kappa shape index (κ1) is 63.2. The minimum Gasteiger partial charge on any atom is -0.480 e. The fourth-order valence-electron chi connectivity index (χ4n) is 12.8. The molecule has 3 fully saturated rings. The van der Waals surface area contributed by atoms with Crippen LogP contribution in [0.1, 0.15) is 86.3 Å². The molecule has 87 heavy (non-hydrogen) atoms. The molecule has 3 aliphatic heterocycles. The largest absolute Gasteiger partial charge is 0.524 e. The highest BCUT2D eigenvalue weighted by Gasteiger charge is 2.66. The number of phosphoric acid groups is 1. The van der Waals surface area contributed by atoms with Gasteiger partial charge in [0.2, 0.25) is 17.7 Å². The second-order valence-electron chi connectivity index (χ2n) is 22.8. The third kappa shape index (κ3) is 13.3. The number of carbonyl (C=O) groups is 8. The molecule has 2 bridgehead atoms. The number of carbonyl (C=O) groups excluding carboxylic acids is 7. The first-order valence-corrected chi connectivity index (χ1v) is 33.4. The number of halogens is 2. The van der Waals surface area contributed by atoms with E-state index in [1.54, 1.807) is 58.3 Å². The topological polar surface area (TPSA) is 270 Å². The van der Waals surface area contributed by atoms with E-state index in [2.05, 4.69) is 5.32 Å². The summed E-state index contributed by atoms with van der Waals surface area (Å²) in [6.45, 7) is 0.769. The van der Waals surface area contributed by atoms with E-state index < -0.39 is 48.8 Å². The van der Waals surface area contributed by atoms with E-state index in [0.29, 0.717) is 89.4 Å². The van der Waals surface area contributed by atoms with Crippen molar-refractivity contribution in [3.63, 3.8) is 0 Å². The number of likely N-dealkylation sites (N-methyl/N-ethyl adjacent to an activating group) is 2. The van der Waals surface area contributed by atoms with Gasteiger partial charge in [0.25, 0.3) is 11.8 Å². The standard InChI is InChI=1S/C61H65Cl2N6O15PS2/c1-65(58(77)82-33-37-13-5-10-18-49(37)87-86-34-44(55(73)74)64-50(70)19-4-3-11-24-67-51(71)20-21-52(67)72)25-26-66(2)59(78)83-47-27-45-53(42-16-8-6-14-40(42)47)38(29-62)31-68(45)56(75)60-22-12-23-61(35-60,36-60)57(76)69-32-39(30-63)54-43-17-9-7-15-41(43)48(28-46(54)69)84-85(79,80)81/h5-10,13-18,20-21,27-28,38-39,44H,3-4,11-12,19,22-26,29-36H2,1-2H3,(H,64,70)(H,73,74)(H2,79,80,81). The average molecular weight is 1290 g/mol. The van der Waals surface area contributed by atoms with E-state index in [1.165, 1.54) is 63.7 Å². The fraction of sp³-hybridized carbons (Fsp3) is 0.410. The number of carboxylic acid groups (broad SMARTS) is 1. The summed E-state index contributed by atoms with van der Waals surface area (Å²) in [5.41, 5.74) is 1.57. The monoisotopic (exact) mass is 1290 g/mol. The highest BCUT2D eigenvalue weighted by molar-refractivity contribution is 8.76. The molecule has 0 radical (unpaired) electrons. The van der Waals surface area contributed by atoms with E-state index in [-0.39, 0.29) is 110 Å². The van der Waals surface area contributed by atoms with Gasteiger partial charge in [0.15, 0.2) is 0 Å². The highest BCUT2D eigenvalue weighted by atomic mass is 35.5. The minimum absolute atomic E-state index is 0.0347. The van der Waals surface area contributed by atoms with Crippen molar-refractivity contribution in [1.82, 2.24) is 20.0 Å². The maximum absolute atomic E-state index is 15.3. The molecule has 5 aromatic rings. The number of unbranched alkanes of at least 4 members (excludes halogenated alkanes) is 2. The number of hydrogen-bond acceptors (Lipinski definition) is 14. The van der Waals surface area contributed by atoms with Crippen LogP contribution in [0, 0.1) is 10.8 Å². The second-order valence-corrected chi connectivity index (χ2v) is 26.9. The Hall–Kier alpha value is -6.85. The zero-order chi connectivity index (χ0) is 62.0. The summed E-state index contributed by atoms with van der Waals surface area (Å²) in [6.07, 6.45) is 4.95. The molecule has 6 aliphatic rings. The lowest BCUT2D eigenvalue weighted by Crippen LogP contribution is -2.63. The highest BCUT2D eigenvalue weighted by Crippen LogP contribution is 2.66. The van der Waals surface area contributed by atoms with Crippen molar-refractivity contribution < 1.29 is 71.8 Å². The summed E-state index contributed by atoms with van der Waals surface area (Å²) < 4.78 is 29.1. The number of alkyl halides is 2. The van der Waals surface area contributed by atoms with Crippen molar-refractivity contribution in [2.45, 2.75) is 87.2 Å². The molecule has 5 aromatic carbocycles. The van der Waals surface area contributed by atoms with Crippen molar-refractivity contribution in [1.29, 1.82) is 0 Å². The Kier molecular flexibility index (Phi) is 19.2. The molecule has 3 heterocycles. The number of nitrogens with zero attached hydrogens (tertiary/aromatic N) is 5. The van der Waals surface area contributed by atoms with Crippen molar-refractivity contribution in [2.75, 3.05) is 74.1 Å². The van der Waals surface area contributed by atoms with Gasteiger partial charge in [0.1, 0.15) is 24.1 Å². The van der Waals surface area contributed by atoms with Crippen LogP contribution in [-0.4, -0.2) is 148 Å². The van der Waals surface area contributed by atoms with Gasteiger partial charge in [0, 0.05) is 128 Å². The van der Waals surface area contributed by atoms with Crippen molar-refractivity contribution in [3.05, 3.63) is 114 Å². The zero-order valence-electron chi connectivity index (χ0n) is 47.7. The van der Waals surface area contributed by atoms with Gasteiger partial charge in [-0.3, -0.25) is 38.7 Å². The molecule has 0 saturated heterocycles. The van der Waals surface area contributed by atoms with Gasteiger partial charge >= 0.3 is 26.0 Å². The van der Waals surface area contributed by atoms with Gasteiger partial charge in [0.05, 0.1) is 22.2 Å². The molecule has 21 nitrogen and oxygen atoms in total. The molecule has 3 aliphatic carbocycles. The van der Waals surface area contributed by atoms with Crippen LogP contribution < -0.4 is 24.4 Å². The summed E-state index contributed by atoms with van der Waals surface area (Å²) in [6, 6.07) is 23.7. The Labute approximate surface area is 519 Å². The minimum atomic E-state index is -4.98. The number of aliphatic carboxylic acids is 1. The third-order valence-corrected chi connectivity index (χ3v) is 20.7. The zero-order valence-corrected chi connectivity index (χ0v) is 51.7. The first-order valence-electron chi connectivity index (χ1n) is 28.5. The predicted molar refractivity (Wildman–Crippen MR) is 330 cm³/mol. The summed E-state index contributed by atoms with van der Waals surface area (Å²) in [5.74, 6) is -2.63. The lowest BCUT2D eigenvalue weighted by molar-refractivity contribution is -0.165. The Morgan fingerprint density at radius 2 is 1.26 bits per heavy atom. The second kappa shape index (κ2) is 26.5. The Balaban J connectivity index is 0.739. The van der Waals surface area contributed by atoms with Gasteiger partial charge in [-0.1, -0.05) is 101 Å². The number of phosphoric ester groups is 1. The number of imide groups is 1. The van der Waals surface area contributed by atoms with Crippen molar-refractivity contribution >= 4 is 133 Å². The quantitative estimate of drug-likeness (QED) is 0.0147. The van der Waals surface area contributed by atoms with Gasteiger partial charge in [-0.2, -0.15) is 0 Å². The molecular weight excluding hydrogens is 1220 g/mol. The van der Waals surface area contributed by atoms with Crippen LogP contribution in [0.3, 0.4) is 0 Å². The normalized spacial score (nSPS) is 20.5. The van der Waals surface area contributed by atoms with Gasteiger partial charge in [-0.15, -0.1) is 23.2 Å². The van der Waals surface area contributed by atoms with Gasteiger partial charge in [-0.25, -0.2) is 18.9 Å². The van der Waals surface area contributed by atoms with Crippen LogP contribution in [-0.2, 0) is 44.7 Å². The summed E-state index contributed by atoms with van der Waals surface area (Å²) in [4.78, 5) is 133. The van der Waals surface area contributed by atoms with E-state index in [4.69, 9.17) is 37.2 Å². The number of rotatable bonds is 24. The number of ether oxygens (including phenoxy) is 2. The number of amides is 7. The summed E-state index contributed by atoms with van der Waals surface area (Å²) in [7, 11) is 0.565. The molecule has 0 aromatic heterocycles. The summed E-state index contributed by atoms with van der Waals surface area (Å²) in [5, 5.41) is 15.0. The molecule has 11 rings (SSSR count). The lowest BCUT2D eigenvalue weighted by atomic mass is 9.44. The number of anilines is 2. The number of nitrogens with one attached hydrogen (secondary N) is 1. The number of carboxylic acids is 1. The van der Waals surface area contributed by atoms with E-state index in [9.17, 15) is 48.2 Å². The summed E-state index contributed by atoms with van der Waals surface area (Å²) >= 11 is 13.3.